The Morgan fingerprint density at radius 3 is 3.07 bits per heavy atom. The van der Waals surface area contributed by atoms with E-state index in [0.717, 1.165) is 55.2 Å². The highest BCUT2D eigenvalue weighted by molar-refractivity contribution is 6.30. The number of piperidine rings is 1. The third-order valence-corrected chi connectivity index (χ3v) is 5.20. The zero-order valence-corrected chi connectivity index (χ0v) is 15.9. The Hall–Kier alpha value is -2.44. The molecular formula is C20H21ClN4O2. The van der Waals surface area contributed by atoms with Crippen LogP contribution in [0.25, 0.3) is 11.5 Å². The van der Waals surface area contributed by atoms with Gasteiger partial charge in [-0.05, 0) is 44.5 Å². The fourth-order valence-electron chi connectivity index (χ4n) is 3.58. The summed E-state index contributed by atoms with van der Waals surface area (Å²) >= 11 is 6.07. The summed E-state index contributed by atoms with van der Waals surface area (Å²) in [5.41, 5.74) is 2.57. The number of aromatic nitrogens is 3. The first-order chi connectivity index (χ1) is 13.1. The van der Waals surface area contributed by atoms with Crippen molar-refractivity contribution in [1.82, 2.24) is 19.9 Å². The van der Waals surface area contributed by atoms with Gasteiger partial charge in [0, 0.05) is 35.7 Å². The highest BCUT2D eigenvalue weighted by atomic mass is 35.5. The predicted octanol–water partition coefficient (Wildman–Crippen LogP) is 3.77. The smallest absolute Gasteiger partial charge is 0.250 e. The van der Waals surface area contributed by atoms with Gasteiger partial charge >= 0.3 is 0 Å². The lowest BCUT2D eigenvalue weighted by Crippen LogP contribution is -2.34. The lowest BCUT2D eigenvalue weighted by atomic mass is 9.94. The second-order valence-corrected chi connectivity index (χ2v) is 7.38. The normalized spacial score (nSPS) is 17.9. The highest BCUT2D eigenvalue weighted by Gasteiger charge is 2.24. The lowest BCUT2D eigenvalue weighted by molar-refractivity contribution is 0.195. The molecule has 0 radical (unpaired) electrons. The summed E-state index contributed by atoms with van der Waals surface area (Å²) in [5.74, 6) is 1.68. The topological polar surface area (TPSA) is 75.0 Å². The molecule has 6 nitrogen and oxygen atoms in total. The van der Waals surface area contributed by atoms with Gasteiger partial charge in [0.1, 0.15) is 5.76 Å². The maximum absolute atomic E-state index is 11.6. The van der Waals surface area contributed by atoms with Crippen LogP contribution in [0.2, 0.25) is 5.02 Å². The second-order valence-electron chi connectivity index (χ2n) is 6.94. The molecular weight excluding hydrogens is 364 g/mol. The molecule has 7 heteroatoms. The monoisotopic (exact) mass is 384 g/mol. The number of hydrogen-bond acceptors (Lipinski definition) is 5. The Labute approximate surface area is 162 Å². The number of oxazole rings is 1. The van der Waals surface area contributed by atoms with E-state index < -0.39 is 0 Å². The number of aromatic amines is 1. The molecule has 1 saturated heterocycles. The van der Waals surface area contributed by atoms with E-state index in [1.165, 1.54) is 6.33 Å². The second kappa shape index (κ2) is 7.66. The van der Waals surface area contributed by atoms with Crippen LogP contribution in [-0.4, -0.2) is 32.9 Å². The average Bonchev–Trinajstić information content (AvgIpc) is 3.03. The van der Waals surface area contributed by atoms with Gasteiger partial charge in [0.05, 0.1) is 17.7 Å². The number of nitrogens with zero attached hydrogens (tertiary/aromatic N) is 3. The summed E-state index contributed by atoms with van der Waals surface area (Å²) in [6, 6.07) is 9.12. The van der Waals surface area contributed by atoms with Gasteiger partial charge in [-0.2, -0.15) is 0 Å². The van der Waals surface area contributed by atoms with Crippen LogP contribution >= 0.6 is 11.6 Å². The van der Waals surface area contributed by atoms with Crippen molar-refractivity contribution in [2.24, 2.45) is 0 Å². The van der Waals surface area contributed by atoms with Crippen LogP contribution in [0, 0.1) is 6.92 Å². The molecule has 1 atom stereocenters. The zero-order valence-electron chi connectivity index (χ0n) is 15.1. The Bertz CT molecular complexity index is 997. The molecule has 0 amide bonds. The Kier molecular flexibility index (Phi) is 5.09. The summed E-state index contributed by atoms with van der Waals surface area (Å²) < 4.78 is 5.87. The molecule has 0 saturated carbocycles. The number of nitrogens with one attached hydrogen (secondary N) is 1. The largest absolute Gasteiger partial charge is 0.441 e. The maximum Gasteiger partial charge on any atom is 0.250 e. The lowest BCUT2D eigenvalue weighted by Gasteiger charge is -2.31. The predicted molar refractivity (Wildman–Crippen MR) is 104 cm³/mol. The molecule has 0 spiro atoms. The van der Waals surface area contributed by atoms with Crippen molar-refractivity contribution in [2.45, 2.75) is 32.2 Å². The molecule has 140 valence electrons. The minimum absolute atomic E-state index is 0.101. The van der Waals surface area contributed by atoms with Crippen LogP contribution in [0.15, 0.2) is 45.9 Å². The number of hydrogen-bond donors (Lipinski definition) is 1. The van der Waals surface area contributed by atoms with Crippen LogP contribution < -0.4 is 5.56 Å². The number of likely N-dealkylation sites (tertiary alicyclic amines) is 1. The fraction of sp³-hybridized carbons (Fsp3) is 0.350. The van der Waals surface area contributed by atoms with E-state index in [1.54, 1.807) is 6.07 Å². The van der Waals surface area contributed by atoms with Gasteiger partial charge in [0.2, 0.25) is 5.89 Å². The fourth-order valence-corrected chi connectivity index (χ4v) is 3.77. The molecule has 27 heavy (non-hydrogen) atoms. The van der Waals surface area contributed by atoms with E-state index >= 15 is 0 Å². The number of halogens is 1. The molecule has 1 aliphatic heterocycles. The van der Waals surface area contributed by atoms with Crippen molar-refractivity contribution in [3.8, 4) is 11.5 Å². The van der Waals surface area contributed by atoms with Gasteiger partial charge < -0.3 is 9.40 Å². The van der Waals surface area contributed by atoms with E-state index in [4.69, 9.17) is 16.0 Å². The highest BCUT2D eigenvalue weighted by Crippen LogP contribution is 2.28. The minimum atomic E-state index is -0.101. The van der Waals surface area contributed by atoms with Crippen LogP contribution in [0.3, 0.4) is 0 Å². The van der Waals surface area contributed by atoms with E-state index in [-0.39, 0.29) is 11.5 Å². The summed E-state index contributed by atoms with van der Waals surface area (Å²) in [7, 11) is 0. The first kappa shape index (κ1) is 17.9. The Balaban J connectivity index is 1.50. The van der Waals surface area contributed by atoms with Crippen molar-refractivity contribution < 1.29 is 4.42 Å². The number of rotatable bonds is 4. The molecule has 3 heterocycles. The SMILES string of the molecule is Cc1oc(-c2cccc(Cl)c2)nc1CN1CCC[C@H](c2cc(=O)[nH]cn2)C1. The standard InChI is InChI=1S/C20H21ClN4O2/c1-13-18(24-20(27-13)14-4-2-6-16(21)8-14)11-25-7-3-5-15(10-25)17-9-19(26)23-12-22-17/h2,4,6,8-9,12,15H,3,5,7,10-11H2,1H3,(H,22,23,26)/t15-/m0/s1. The van der Waals surface area contributed by atoms with Crippen LogP contribution in [0.4, 0.5) is 0 Å². The van der Waals surface area contributed by atoms with Crippen molar-refractivity contribution in [3.05, 3.63) is 69.2 Å². The van der Waals surface area contributed by atoms with E-state index in [2.05, 4.69) is 19.9 Å². The van der Waals surface area contributed by atoms with Crippen molar-refractivity contribution in [1.29, 1.82) is 0 Å². The van der Waals surface area contributed by atoms with Crippen LogP contribution in [-0.2, 0) is 6.54 Å². The number of benzene rings is 1. The summed E-state index contributed by atoms with van der Waals surface area (Å²) in [4.78, 5) is 25.5. The van der Waals surface area contributed by atoms with Gasteiger partial charge in [-0.3, -0.25) is 9.69 Å². The maximum atomic E-state index is 11.6. The summed E-state index contributed by atoms with van der Waals surface area (Å²) in [6.45, 7) is 4.51. The first-order valence-corrected chi connectivity index (χ1v) is 9.45. The Morgan fingerprint density at radius 2 is 2.26 bits per heavy atom. The van der Waals surface area contributed by atoms with Gasteiger partial charge in [-0.1, -0.05) is 17.7 Å². The molecule has 1 aliphatic rings. The van der Waals surface area contributed by atoms with Gasteiger partial charge in [-0.15, -0.1) is 0 Å². The first-order valence-electron chi connectivity index (χ1n) is 9.08. The van der Waals surface area contributed by atoms with E-state index in [1.807, 2.05) is 31.2 Å². The Morgan fingerprint density at radius 1 is 1.37 bits per heavy atom. The van der Waals surface area contributed by atoms with Gasteiger partial charge in [0.15, 0.2) is 0 Å². The molecule has 0 aliphatic carbocycles. The number of aryl methyl sites for hydroxylation is 1. The number of H-pyrrole nitrogens is 1. The van der Waals surface area contributed by atoms with Crippen molar-refractivity contribution in [3.63, 3.8) is 0 Å². The minimum Gasteiger partial charge on any atom is -0.441 e. The molecule has 4 rings (SSSR count). The van der Waals surface area contributed by atoms with E-state index in [0.29, 0.717) is 10.9 Å². The molecule has 1 fully saturated rings. The van der Waals surface area contributed by atoms with Crippen molar-refractivity contribution in [2.75, 3.05) is 13.1 Å². The molecule has 3 aromatic rings. The summed E-state index contributed by atoms with van der Waals surface area (Å²) in [6.07, 6.45) is 3.59. The molecule has 0 unspecified atom stereocenters. The molecule has 1 N–H and O–H groups in total. The van der Waals surface area contributed by atoms with E-state index in [9.17, 15) is 4.79 Å². The van der Waals surface area contributed by atoms with Crippen LogP contribution in [0.5, 0.6) is 0 Å². The van der Waals surface area contributed by atoms with Gasteiger partial charge in [0.25, 0.3) is 5.56 Å². The van der Waals surface area contributed by atoms with Crippen LogP contribution in [0.1, 0.15) is 35.9 Å². The van der Waals surface area contributed by atoms with Crippen molar-refractivity contribution >= 4 is 11.6 Å². The quantitative estimate of drug-likeness (QED) is 0.741. The third-order valence-electron chi connectivity index (χ3n) is 4.96. The zero-order chi connectivity index (χ0) is 18.8. The molecule has 0 bridgehead atoms. The summed E-state index contributed by atoms with van der Waals surface area (Å²) in [5, 5.41) is 0.661. The third kappa shape index (κ3) is 4.12. The average molecular weight is 385 g/mol. The molecule has 1 aromatic carbocycles. The van der Waals surface area contributed by atoms with Gasteiger partial charge in [-0.25, -0.2) is 9.97 Å². The molecule has 2 aromatic heterocycles.